The molecule has 0 N–H and O–H groups in total. The number of non-ortho nitro benzene ring substituents is 1. The monoisotopic (exact) mass is 346 g/mol. The molecular formula is C10H10ClF3N2O4S. The molecule has 0 bridgehead atoms. The minimum Gasteiger partial charge on any atom is -0.258 e. The molecule has 1 aromatic rings. The standard InChI is InChI=1S/C10H10ClF3N2O4S/c1-2-15(6-10(12,13)14)21(19,20)9-5-7(16(17)18)3-4-8(9)11/h3-5H,2,6H2,1H3. The fraction of sp³-hybridized carbons (Fsp3) is 0.400. The van der Waals surface area contributed by atoms with Crippen molar-refractivity contribution in [1.82, 2.24) is 4.31 Å². The maximum Gasteiger partial charge on any atom is 0.402 e. The predicted octanol–water partition coefficient (Wildman–Crippen LogP) is 2.82. The zero-order valence-electron chi connectivity index (χ0n) is 10.6. The van der Waals surface area contributed by atoms with Crippen molar-refractivity contribution in [3.8, 4) is 0 Å². The Balaban J connectivity index is 3.35. The number of sulfonamides is 1. The summed E-state index contributed by atoms with van der Waals surface area (Å²) in [5.41, 5.74) is -0.582. The molecule has 0 aliphatic rings. The van der Waals surface area contributed by atoms with Crippen molar-refractivity contribution >= 4 is 27.3 Å². The molecule has 0 amide bonds. The first kappa shape index (κ1) is 17.7. The summed E-state index contributed by atoms with van der Waals surface area (Å²) < 4.78 is 61.7. The van der Waals surface area contributed by atoms with Crippen molar-refractivity contribution in [3.63, 3.8) is 0 Å². The molecule has 0 saturated heterocycles. The molecule has 0 atom stereocenters. The third kappa shape index (κ3) is 4.29. The van der Waals surface area contributed by atoms with Gasteiger partial charge in [-0.25, -0.2) is 8.42 Å². The highest BCUT2D eigenvalue weighted by atomic mass is 35.5. The molecule has 0 aliphatic carbocycles. The summed E-state index contributed by atoms with van der Waals surface area (Å²) in [4.78, 5) is 9.04. The van der Waals surface area contributed by atoms with E-state index in [2.05, 4.69) is 0 Å². The van der Waals surface area contributed by atoms with E-state index in [9.17, 15) is 31.7 Å². The third-order valence-electron chi connectivity index (χ3n) is 2.45. The Bertz CT molecular complexity index is 648. The minimum atomic E-state index is -4.74. The zero-order chi connectivity index (χ0) is 16.4. The third-order valence-corrected chi connectivity index (χ3v) is 4.85. The van der Waals surface area contributed by atoms with Crippen LogP contribution in [0.3, 0.4) is 0 Å². The first-order chi connectivity index (χ1) is 9.49. The Morgan fingerprint density at radius 1 is 1.38 bits per heavy atom. The highest BCUT2D eigenvalue weighted by Gasteiger charge is 2.37. The molecular weight excluding hydrogens is 337 g/mol. The van der Waals surface area contributed by atoms with E-state index in [4.69, 9.17) is 11.6 Å². The summed E-state index contributed by atoms with van der Waals surface area (Å²) >= 11 is 5.65. The van der Waals surface area contributed by atoms with Crippen LogP contribution in [0.15, 0.2) is 23.1 Å². The van der Waals surface area contributed by atoms with Crippen LogP contribution in [0.4, 0.5) is 18.9 Å². The van der Waals surface area contributed by atoms with Crippen molar-refractivity contribution in [3.05, 3.63) is 33.3 Å². The number of nitro groups is 1. The van der Waals surface area contributed by atoms with Gasteiger partial charge in [0.2, 0.25) is 10.0 Å². The largest absolute Gasteiger partial charge is 0.402 e. The number of nitro benzene ring substituents is 1. The second kappa shape index (κ2) is 6.16. The van der Waals surface area contributed by atoms with Crippen LogP contribution >= 0.6 is 11.6 Å². The van der Waals surface area contributed by atoms with Gasteiger partial charge in [0, 0.05) is 18.7 Å². The topological polar surface area (TPSA) is 80.5 Å². The lowest BCUT2D eigenvalue weighted by Gasteiger charge is -2.22. The highest BCUT2D eigenvalue weighted by molar-refractivity contribution is 7.89. The summed E-state index contributed by atoms with van der Waals surface area (Å²) in [5.74, 6) is 0. The Kier molecular flexibility index (Phi) is 5.18. The summed E-state index contributed by atoms with van der Waals surface area (Å²) in [6.45, 7) is -0.944. The summed E-state index contributed by atoms with van der Waals surface area (Å²) in [5, 5.41) is 10.2. The lowest BCUT2D eigenvalue weighted by molar-refractivity contribution is -0.385. The van der Waals surface area contributed by atoms with Crippen molar-refractivity contribution in [2.75, 3.05) is 13.1 Å². The lowest BCUT2D eigenvalue weighted by atomic mass is 10.3. The summed E-state index contributed by atoms with van der Waals surface area (Å²) in [6.07, 6.45) is -4.74. The van der Waals surface area contributed by atoms with E-state index in [-0.39, 0.29) is 9.33 Å². The van der Waals surface area contributed by atoms with Gasteiger partial charge in [-0.05, 0) is 6.07 Å². The number of hydrogen-bond acceptors (Lipinski definition) is 4. The van der Waals surface area contributed by atoms with Crippen molar-refractivity contribution in [2.45, 2.75) is 18.0 Å². The van der Waals surface area contributed by atoms with Crippen LogP contribution < -0.4 is 0 Å². The summed E-state index contributed by atoms with van der Waals surface area (Å²) in [7, 11) is -4.59. The van der Waals surface area contributed by atoms with Crippen LogP contribution in [0.5, 0.6) is 0 Å². The van der Waals surface area contributed by atoms with Crippen molar-refractivity contribution < 1.29 is 26.5 Å². The van der Waals surface area contributed by atoms with Crippen molar-refractivity contribution in [1.29, 1.82) is 0 Å². The molecule has 0 fully saturated rings. The van der Waals surface area contributed by atoms with Crippen LogP contribution in [0.2, 0.25) is 5.02 Å². The highest BCUT2D eigenvalue weighted by Crippen LogP contribution is 2.30. The zero-order valence-corrected chi connectivity index (χ0v) is 12.2. The van der Waals surface area contributed by atoms with Crippen LogP contribution in [-0.2, 0) is 10.0 Å². The van der Waals surface area contributed by atoms with Gasteiger partial charge >= 0.3 is 6.18 Å². The summed E-state index contributed by atoms with van der Waals surface area (Å²) in [6, 6.07) is 2.55. The number of alkyl halides is 3. The number of hydrogen-bond donors (Lipinski definition) is 0. The van der Waals surface area contributed by atoms with E-state index < -0.39 is 44.8 Å². The predicted molar refractivity (Wildman–Crippen MR) is 68.6 cm³/mol. The fourth-order valence-corrected chi connectivity index (χ4v) is 3.44. The Labute approximate surface area is 123 Å². The first-order valence-corrected chi connectivity index (χ1v) is 7.31. The molecule has 0 radical (unpaired) electrons. The number of benzene rings is 1. The fourth-order valence-electron chi connectivity index (χ4n) is 1.51. The lowest BCUT2D eigenvalue weighted by Crippen LogP contribution is -2.38. The van der Waals surface area contributed by atoms with Gasteiger partial charge in [-0.1, -0.05) is 18.5 Å². The Hall–Kier alpha value is -1.39. The van der Waals surface area contributed by atoms with E-state index in [1.54, 1.807) is 0 Å². The molecule has 118 valence electrons. The average Bonchev–Trinajstić information content (AvgIpc) is 2.34. The molecule has 0 saturated carbocycles. The van der Waals surface area contributed by atoms with Gasteiger partial charge in [-0.15, -0.1) is 0 Å². The van der Waals surface area contributed by atoms with E-state index in [0.29, 0.717) is 6.07 Å². The van der Waals surface area contributed by atoms with Crippen LogP contribution in [0.25, 0.3) is 0 Å². The molecule has 1 aromatic carbocycles. The number of rotatable bonds is 5. The Morgan fingerprint density at radius 3 is 2.38 bits per heavy atom. The molecule has 0 spiro atoms. The molecule has 0 heterocycles. The second-order valence-electron chi connectivity index (χ2n) is 3.92. The van der Waals surface area contributed by atoms with E-state index in [1.165, 1.54) is 6.92 Å². The maximum absolute atomic E-state index is 12.4. The van der Waals surface area contributed by atoms with Gasteiger partial charge < -0.3 is 0 Å². The van der Waals surface area contributed by atoms with Gasteiger partial charge in [-0.3, -0.25) is 10.1 Å². The molecule has 1 rings (SSSR count). The molecule has 11 heteroatoms. The van der Waals surface area contributed by atoms with E-state index in [1.807, 2.05) is 0 Å². The van der Waals surface area contributed by atoms with Crippen LogP contribution in [-0.4, -0.2) is 36.9 Å². The SMILES string of the molecule is CCN(CC(F)(F)F)S(=O)(=O)c1cc([N+](=O)[O-])ccc1Cl. The quantitative estimate of drug-likeness (QED) is 0.606. The maximum atomic E-state index is 12.4. The first-order valence-electron chi connectivity index (χ1n) is 5.50. The Morgan fingerprint density at radius 2 is 1.95 bits per heavy atom. The molecule has 0 unspecified atom stereocenters. The van der Waals surface area contributed by atoms with Gasteiger partial charge in [0.25, 0.3) is 5.69 Å². The van der Waals surface area contributed by atoms with Gasteiger partial charge in [0.15, 0.2) is 0 Å². The van der Waals surface area contributed by atoms with Crippen LogP contribution in [0, 0.1) is 10.1 Å². The molecule has 0 aromatic heterocycles. The van der Waals surface area contributed by atoms with Gasteiger partial charge in [-0.2, -0.15) is 17.5 Å². The molecule has 21 heavy (non-hydrogen) atoms. The van der Waals surface area contributed by atoms with Crippen molar-refractivity contribution in [2.24, 2.45) is 0 Å². The smallest absolute Gasteiger partial charge is 0.258 e. The number of halogens is 4. The normalized spacial score (nSPS) is 12.7. The molecule has 6 nitrogen and oxygen atoms in total. The average molecular weight is 347 g/mol. The van der Waals surface area contributed by atoms with Gasteiger partial charge in [0.05, 0.1) is 9.95 Å². The van der Waals surface area contributed by atoms with E-state index in [0.717, 1.165) is 12.1 Å². The number of nitrogens with zero attached hydrogens (tertiary/aromatic N) is 2. The van der Waals surface area contributed by atoms with Gasteiger partial charge in [0.1, 0.15) is 11.4 Å². The van der Waals surface area contributed by atoms with E-state index >= 15 is 0 Å². The molecule has 0 aliphatic heterocycles. The van der Waals surface area contributed by atoms with Crippen LogP contribution in [0.1, 0.15) is 6.92 Å². The second-order valence-corrected chi connectivity index (χ2v) is 6.23. The minimum absolute atomic E-state index is 0.151.